The van der Waals surface area contributed by atoms with Gasteiger partial charge in [-0.15, -0.1) is 0 Å². The molecule has 0 atom stereocenters. The summed E-state index contributed by atoms with van der Waals surface area (Å²) in [6.45, 7) is 0. The highest BCUT2D eigenvalue weighted by Gasteiger charge is 2.12. The Labute approximate surface area is 172 Å². The average Bonchev–Trinajstić information content (AvgIpc) is 2.78. The van der Waals surface area contributed by atoms with Crippen LogP contribution in [0.5, 0.6) is 0 Å². The number of para-hydroxylation sites is 1. The number of nitrogens with zero attached hydrogens (tertiary/aromatic N) is 2. The van der Waals surface area contributed by atoms with Gasteiger partial charge in [-0.05, 0) is 56.1 Å². The fraction of sp³-hybridized carbons (Fsp3) is 0. The van der Waals surface area contributed by atoms with Crippen molar-refractivity contribution in [1.82, 2.24) is 9.97 Å². The molecular formula is C26H15ClN2. The molecule has 0 amide bonds. The van der Waals surface area contributed by atoms with Crippen molar-refractivity contribution in [2.75, 3.05) is 0 Å². The summed E-state index contributed by atoms with van der Waals surface area (Å²) in [5, 5.41) is 8.77. The minimum atomic E-state index is 0.266. The molecule has 0 saturated carbocycles. The Morgan fingerprint density at radius 2 is 1.00 bits per heavy atom. The molecule has 0 radical (unpaired) electrons. The Kier molecular flexibility index (Phi) is 3.56. The monoisotopic (exact) mass is 390 g/mol. The molecule has 1 aromatic heterocycles. The van der Waals surface area contributed by atoms with E-state index in [-0.39, 0.29) is 5.28 Å². The number of fused-ring (bicyclic) bond motifs is 7. The maximum absolute atomic E-state index is 6.24. The van der Waals surface area contributed by atoms with Crippen LogP contribution in [0.15, 0.2) is 91.0 Å². The molecule has 0 aliphatic heterocycles. The zero-order chi connectivity index (χ0) is 19.4. The summed E-state index contributed by atoms with van der Waals surface area (Å²) in [7, 11) is 0. The molecule has 0 bridgehead atoms. The molecule has 0 aliphatic carbocycles. The first-order valence-corrected chi connectivity index (χ1v) is 9.93. The van der Waals surface area contributed by atoms with Crippen molar-refractivity contribution in [2.45, 2.75) is 0 Å². The summed E-state index contributed by atoms with van der Waals surface area (Å²) < 4.78 is 0. The van der Waals surface area contributed by atoms with Crippen LogP contribution in [0.4, 0.5) is 0 Å². The highest BCUT2D eigenvalue weighted by Crippen LogP contribution is 2.37. The van der Waals surface area contributed by atoms with Crippen LogP contribution in [0.3, 0.4) is 0 Å². The second kappa shape index (κ2) is 6.26. The van der Waals surface area contributed by atoms with Gasteiger partial charge in [-0.3, -0.25) is 0 Å². The van der Waals surface area contributed by atoms with E-state index < -0.39 is 0 Å². The minimum absolute atomic E-state index is 0.266. The Bertz CT molecular complexity index is 1530. The summed E-state index contributed by atoms with van der Waals surface area (Å²) in [4.78, 5) is 8.94. The van der Waals surface area contributed by atoms with E-state index in [9.17, 15) is 0 Å². The lowest BCUT2D eigenvalue weighted by atomic mass is 9.92. The predicted molar refractivity (Wildman–Crippen MR) is 123 cm³/mol. The third-order valence-electron chi connectivity index (χ3n) is 5.59. The van der Waals surface area contributed by atoms with E-state index in [0.29, 0.717) is 0 Å². The molecule has 29 heavy (non-hydrogen) atoms. The van der Waals surface area contributed by atoms with E-state index in [1.807, 2.05) is 24.3 Å². The molecule has 5 aromatic carbocycles. The van der Waals surface area contributed by atoms with Gasteiger partial charge < -0.3 is 0 Å². The Balaban J connectivity index is 1.76. The van der Waals surface area contributed by atoms with Gasteiger partial charge in [0.25, 0.3) is 0 Å². The van der Waals surface area contributed by atoms with Crippen LogP contribution in [0.2, 0.25) is 5.28 Å². The lowest BCUT2D eigenvalue weighted by molar-refractivity contribution is 1.23. The van der Waals surface area contributed by atoms with E-state index in [2.05, 4.69) is 76.7 Å². The van der Waals surface area contributed by atoms with Gasteiger partial charge in [0, 0.05) is 10.9 Å². The number of halogens is 1. The van der Waals surface area contributed by atoms with E-state index in [1.165, 1.54) is 32.3 Å². The van der Waals surface area contributed by atoms with Crippen molar-refractivity contribution < 1.29 is 0 Å². The summed E-state index contributed by atoms with van der Waals surface area (Å²) >= 11 is 6.24. The van der Waals surface area contributed by atoms with Gasteiger partial charge in [-0.2, -0.15) is 0 Å². The zero-order valence-electron chi connectivity index (χ0n) is 15.4. The molecule has 0 aliphatic rings. The summed E-state index contributed by atoms with van der Waals surface area (Å²) in [5.41, 5.74) is 2.75. The van der Waals surface area contributed by atoms with Crippen LogP contribution in [0.1, 0.15) is 0 Å². The molecule has 0 N–H and O–H groups in total. The number of hydrogen-bond acceptors (Lipinski definition) is 2. The van der Waals surface area contributed by atoms with Crippen LogP contribution in [0.25, 0.3) is 54.5 Å². The number of benzene rings is 5. The average molecular weight is 391 g/mol. The standard InChI is InChI=1S/C26H15ClN2/c27-26-28-24-12-6-5-11-22(24)25(29-26)16-13-14-21-19-9-2-1-7-17(19)18-8-3-4-10-20(18)23(21)15-16/h1-15H. The normalized spacial score (nSPS) is 11.6. The fourth-order valence-corrected chi connectivity index (χ4v) is 4.50. The predicted octanol–water partition coefficient (Wildman–Crippen LogP) is 7.41. The van der Waals surface area contributed by atoms with Gasteiger partial charge in [0.15, 0.2) is 0 Å². The van der Waals surface area contributed by atoms with Gasteiger partial charge >= 0.3 is 0 Å². The molecule has 2 nitrogen and oxygen atoms in total. The lowest BCUT2D eigenvalue weighted by Crippen LogP contribution is -1.91. The Hall–Kier alpha value is -3.49. The molecule has 6 aromatic rings. The molecule has 6 rings (SSSR count). The quantitative estimate of drug-likeness (QED) is 0.216. The van der Waals surface area contributed by atoms with Gasteiger partial charge in [-0.25, -0.2) is 9.97 Å². The lowest BCUT2D eigenvalue weighted by Gasteiger charge is -2.12. The molecule has 0 spiro atoms. The summed E-state index contributed by atoms with van der Waals surface area (Å²) in [5.74, 6) is 0. The van der Waals surface area contributed by atoms with Crippen LogP contribution < -0.4 is 0 Å². The second-order valence-electron chi connectivity index (χ2n) is 7.21. The SMILES string of the molecule is Clc1nc(-c2ccc3c4ccccc4c4ccccc4c3c2)c2ccccc2n1. The van der Waals surface area contributed by atoms with E-state index in [0.717, 1.165) is 22.2 Å². The van der Waals surface area contributed by atoms with Crippen molar-refractivity contribution in [3.05, 3.63) is 96.3 Å². The molecule has 136 valence electrons. The Morgan fingerprint density at radius 3 is 1.66 bits per heavy atom. The first-order valence-electron chi connectivity index (χ1n) is 9.55. The zero-order valence-corrected chi connectivity index (χ0v) is 16.2. The van der Waals surface area contributed by atoms with Crippen LogP contribution >= 0.6 is 11.6 Å². The second-order valence-corrected chi connectivity index (χ2v) is 7.55. The third-order valence-corrected chi connectivity index (χ3v) is 5.76. The highest BCUT2D eigenvalue weighted by atomic mass is 35.5. The molecule has 1 heterocycles. The summed E-state index contributed by atoms with van der Waals surface area (Å²) in [6.07, 6.45) is 0. The first-order chi connectivity index (χ1) is 14.3. The maximum Gasteiger partial charge on any atom is 0.223 e. The molecule has 0 saturated heterocycles. The van der Waals surface area contributed by atoms with Gasteiger partial charge in [0.2, 0.25) is 5.28 Å². The molecule has 0 unspecified atom stereocenters. The number of rotatable bonds is 1. The third kappa shape index (κ3) is 2.50. The highest BCUT2D eigenvalue weighted by molar-refractivity contribution is 6.29. The van der Waals surface area contributed by atoms with Crippen LogP contribution in [-0.2, 0) is 0 Å². The van der Waals surface area contributed by atoms with E-state index in [1.54, 1.807) is 0 Å². The van der Waals surface area contributed by atoms with Gasteiger partial charge in [0.05, 0.1) is 11.2 Å². The van der Waals surface area contributed by atoms with Gasteiger partial charge in [0.1, 0.15) is 0 Å². The fourth-order valence-electron chi connectivity index (χ4n) is 4.32. The Morgan fingerprint density at radius 1 is 0.483 bits per heavy atom. The van der Waals surface area contributed by atoms with E-state index in [4.69, 9.17) is 11.6 Å². The molecular weight excluding hydrogens is 376 g/mol. The van der Waals surface area contributed by atoms with Crippen LogP contribution in [0, 0.1) is 0 Å². The maximum atomic E-state index is 6.24. The molecule has 0 fully saturated rings. The van der Waals surface area contributed by atoms with Crippen molar-refractivity contribution in [3.8, 4) is 11.3 Å². The number of hydrogen-bond donors (Lipinski definition) is 0. The van der Waals surface area contributed by atoms with E-state index >= 15 is 0 Å². The van der Waals surface area contributed by atoms with Crippen molar-refractivity contribution in [2.24, 2.45) is 0 Å². The number of aromatic nitrogens is 2. The van der Waals surface area contributed by atoms with Crippen molar-refractivity contribution in [1.29, 1.82) is 0 Å². The van der Waals surface area contributed by atoms with Crippen LogP contribution in [-0.4, -0.2) is 9.97 Å². The summed E-state index contributed by atoms with van der Waals surface area (Å²) in [6, 6.07) is 31.7. The first kappa shape index (κ1) is 16.5. The minimum Gasteiger partial charge on any atom is -0.218 e. The van der Waals surface area contributed by atoms with Crippen molar-refractivity contribution >= 4 is 54.8 Å². The topological polar surface area (TPSA) is 25.8 Å². The van der Waals surface area contributed by atoms with Gasteiger partial charge in [-0.1, -0.05) is 78.9 Å². The molecule has 3 heteroatoms. The largest absolute Gasteiger partial charge is 0.223 e. The smallest absolute Gasteiger partial charge is 0.218 e. The van der Waals surface area contributed by atoms with Crippen molar-refractivity contribution in [3.63, 3.8) is 0 Å².